The van der Waals surface area contributed by atoms with Crippen molar-refractivity contribution < 1.29 is 4.74 Å². The van der Waals surface area contributed by atoms with E-state index in [2.05, 4.69) is 9.97 Å². The van der Waals surface area contributed by atoms with Gasteiger partial charge >= 0.3 is 0 Å². The van der Waals surface area contributed by atoms with Crippen molar-refractivity contribution in [2.45, 2.75) is 32.2 Å². The van der Waals surface area contributed by atoms with E-state index < -0.39 is 0 Å². The first-order chi connectivity index (χ1) is 7.29. The van der Waals surface area contributed by atoms with E-state index in [-0.39, 0.29) is 0 Å². The van der Waals surface area contributed by atoms with Gasteiger partial charge in [0.05, 0.1) is 12.3 Å². The fourth-order valence-electron chi connectivity index (χ4n) is 1.89. The maximum atomic E-state index is 5.60. The molecule has 1 aromatic heterocycles. The molecule has 1 aliphatic rings. The van der Waals surface area contributed by atoms with E-state index in [1.54, 1.807) is 0 Å². The lowest BCUT2D eigenvalue weighted by Gasteiger charge is -2.21. The zero-order valence-corrected chi connectivity index (χ0v) is 9.07. The molecule has 1 fully saturated rings. The molecule has 15 heavy (non-hydrogen) atoms. The molecule has 1 aromatic rings. The Hall–Kier alpha value is -1.00. The molecule has 2 heterocycles. The lowest BCUT2D eigenvalue weighted by molar-refractivity contribution is 0.0779. The van der Waals surface area contributed by atoms with Gasteiger partial charge in [-0.15, -0.1) is 0 Å². The second kappa shape index (κ2) is 4.68. The van der Waals surface area contributed by atoms with Crippen molar-refractivity contribution in [2.75, 3.05) is 13.2 Å². The monoisotopic (exact) mass is 207 g/mol. The van der Waals surface area contributed by atoms with Crippen molar-refractivity contribution in [1.29, 1.82) is 0 Å². The Morgan fingerprint density at radius 1 is 1.53 bits per heavy atom. The molecule has 1 unspecified atom stereocenters. The van der Waals surface area contributed by atoms with Gasteiger partial charge in [-0.3, -0.25) is 0 Å². The zero-order chi connectivity index (χ0) is 10.7. The van der Waals surface area contributed by atoms with Gasteiger partial charge < -0.3 is 10.5 Å². The highest BCUT2D eigenvalue weighted by Crippen LogP contribution is 2.22. The van der Waals surface area contributed by atoms with Crippen LogP contribution in [-0.4, -0.2) is 23.2 Å². The molecule has 2 N–H and O–H groups in total. The minimum Gasteiger partial charge on any atom is -0.381 e. The summed E-state index contributed by atoms with van der Waals surface area (Å²) in [5, 5.41) is 0. The second-order valence-electron chi connectivity index (χ2n) is 3.98. The van der Waals surface area contributed by atoms with Gasteiger partial charge in [-0.1, -0.05) is 0 Å². The van der Waals surface area contributed by atoms with E-state index in [4.69, 9.17) is 10.5 Å². The highest BCUT2D eigenvalue weighted by atomic mass is 16.5. The maximum absolute atomic E-state index is 5.60. The van der Waals surface area contributed by atoms with Gasteiger partial charge in [-0.25, -0.2) is 9.97 Å². The quantitative estimate of drug-likeness (QED) is 0.790. The average molecular weight is 207 g/mol. The van der Waals surface area contributed by atoms with E-state index in [1.807, 2.05) is 13.0 Å². The molecular formula is C11H17N3O. The number of hydrogen-bond donors (Lipinski definition) is 1. The maximum Gasteiger partial charge on any atom is 0.134 e. The molecule has 0 saturated carbocycles. The van der Waals surface area contributed by atoms with Crippen molar-refractivity contribution in [3.63, 3.8) is 0 Å². The molecule has 0 aliphatic carbocycles. The molecule has 2 rings (SSSR count). The first kappa shape index (κ1) is 10.5. The standard InChI is InChI=1S/C11H17N3O/c1-8-5-10(6-12)14-11(13-8)9-3-2-4-15-7-9/h5,9H,2-4,6-7,12H2,1H3. The number of aromatic nitrogens is 2. The Kier molecular flexibility index (Phi) is 3.28. The van der Waals surface area contributed by atoms with Gasteiger partial charge in [0.2, 0.25) is 0 Å². The lowest BCUT2D eigenvalue weighted by Crippen LogP contribution is -2.19. The van der Waals surface area contributed by atoms with E-state index >= 15 is 0 Å². The molecule has 0 aromatic carbocycles. The third-order valence-electron chi connectivity index (χ3n) is 2.66. The minimum absolute atomic E-state index is 0.351. The van der Waals surface area contributed by atoms with Gasteiger partial charge in [0.15, 0.2) is 0 Å². The Morgan fingerprint density at radius 2 is 2.40 bits per heavy atom. The van der Waals surface area contributed by atoms with Crippen LogP contribution in [0.1, 0.15) is 36.0 Å². The molecule has 1 atom stereocenters. The molecule has 1 aliphatic heterocycles. The summed E-state index contributed by atoms with van der Waals surface area (Å²) in [5.41, 5.74) is 7.51. The third-order valence-corrected chi connectivity index (χ3v) is 2.66. The van der Waals surface area contributed by atoms with Crippen LogP contribution < -0.4 is 5.73 Å². The van der Waals surface area contributed by atoms with Gasteiger partial charge in [0.25, 0.3) is 0 Å². The second-order valence-corrected chi connectivity index (χ2v) is 3.98. The number of nitrogens with two attached hydrogens (primary N) is 1. The van der Waals surface area contributed by atoms with Crippen LogP contribution in [-0.2, 0) is 11.3 Å². The summed E-state index contributed by atoms with van der Waals surface area (Å²) in [6.45, 7) is 4.07. The fourth-order valence-corrected chi connectivity index (χ4v) is 1.89. The third kappa shape index (κ3) is 2.52. The molecule has 82 valence electrons. The molecule has 0 amide bonds. The van der Waals surface area contributed by atoms with Crippen LogP contribution in [0.3, 0.4) is 0 Å². The predicted octanol–water partition coefficient (Wildman–Crippen LogP) is 1.14. The summed E-state index contributed by atoms with van der Waals surface area (Å²) in [6.07, 6.45) is 2.22. The van der Waals surface area contributed by atoms with Crippen LogP contribution in [0.2, 0.25) is 0 Å². The van der Waals surface area contributed by atoms with Crippen LogP contribution in [0.4, 0.5) is 0 Å². The van der Waals surface area contributed by atoms with Crippen LogP contribution in [0.15, 0.2) is 6.07 Å². The first-order valence-corrected chi connectivity index (χ1v) is 5.42. The zero-order valence-electron chi connectivity index (χ0n) is 9.07. The van der Waals surface area contributed by atoms with Crippen LogP contribution in [0.5, 0.6) is 0 Å². The summed E-state index contributed by atoms with van der Waals surface area (Å²) >= 11 is 0. The molecule has 0 bridgehead atoms. The molecule has 1 saturated heterocycles. The highest BCUT2D eigenvalue weighted by Gasteiger charge is 2.19. The molecule has 0 spiro atoms. The van der Waals surface area contributed by atoms with Crippen molar-refractivity contribution >= 4 is 0 Å². The van der Waals surface area contributed by atoms with Crippen molar-refractivity contribution in [1.82, 2.24) is 9.97 Å². The molecular weight excluding hydrogens is 190 g/mol. The smallest absolute Gasteiger partial charge is 0.134 e. The summed E-state index contributed by atoms with van der Waals surface area (Å²) in [5.74, 6) is 1.25. The Balaban J connectivity index is 2.22. The first-order valence-electron chi connectivity index (χ1n) is 5.42. The fraction of sp³-hybridized carbons (Fsp3) is 0.636. The number of hydrogen-bond acceptors (Lipinski definition) is 4. The van der Waals surface area contributed by atoms with Crippen LogP contribution in [0.25, 0.3) is 0 Å². The Labute approximate surface area is 89.9 Å². The Bertz CT molecular complexity index is 335. The Morgan fingerprint density at radius 3 is 3.07 bits per heavy atom. The largest absolute Gasteiger partial charge is 0.381 e. The lowest BCUT2D eigenvalue weighted by atomic mass is 10.0. The van der Waals surface area contributed by atoms with Crippen molar-refractivity contribution in [3.05, 3.63) is 23.3 Å². The van der Waals surface area contributed by atoms with Crippen molar-refractivity contribution in [3.8, 4) is 0 Å². The van der Waals surface area contributed by atoms with E-state index in [1.165, 1.54) is 0 Å². The minimum atomic E-state index is 0.351. The predicted molar refractivity (Wildman–Crippen MR) is 57.5 cm³/mol. The number of rotatable bonds is 2. The highest BCUT2D eigenvalue weighted by molar-refractivity contribution is 5.12. The van der Waals surface area contributed by atoms with Gasteiger partial charge in [-0.2, -0.15) is 0 Å². The molecule has 0 radical (unpaired) electrons. The van der Waals surface area contributed by atoms with E-state index in [0.29, 0.717) is 12.5 Å². The summed E-state index contributed by atoms with van der Waals surface area (Å²) < 4.78 is 5.44. The van der Waals surface area contributed by atoms with Crippen LogP contribution in [0, 0.1) is 6.92 Å². The van der Waals surface area contributed by atoms with Gasteiger partial charge in [0.1, 0.15) is 5.82 Å². The SMILES string of the molecule is Cc1cc(CN)nc(C2CCCOC2)n1. The number of nitrogens with zero attached hydrogens (tertiary/aromatic N) is 2. The van der Waals surface area contributed by atoms with Crippen molar-refractivity contribution in [2.24, 2.45) is 5.73 Å². The van der Waals surface area contributed by atoms with Gasteiger partial charge in [0, 0.05) is 24.8 Å². The summed E-state index contributed by atoms with van der Waals surface area (Å²) in [6, 6.07) is 1.94. The summed E-state index contributed by atoms with van der Waals surface area (Å²) in [7, 11) is 0. The topological polar surface area (TPSA) is 61.0 Å². The molecule has 4 nitrogen and oxygen atoms in total. The molecule has 4 heteroatoms. The average Bonchev–Trinajstić information content (AvgIpc) is 2.29. The number of aryl methyl sites for hydroxylation is 1. The van der Waals surface area contributed by atoms with Gasteiger partial charge in [-0.05, 0) is 25.8 Å². The number of ether oxygens (including phenoxy) is 1. The van der Waals surface area contributed by atoms with Crippen LogP contribution >= 0.6 is 0 Å². The normalized spacial score (nSPS) is 21.6. The summed E-state index contributed by atoms with van der Waals surface area (Å²) in [4.78, 5) is 8.92. The van der Waals surface area contributed by atoms with E-state index in [0.717, 1.165) is 43.3 Å². The van der Waals surface area contributed by atoms with E-state index in [9.17, 15) is 0 Å².